The van der Waals surface area contributed by atoms with Crippen molar-refractivity contribution in [1.29, 1.82) is 0 Å². The van der Waals surface area contributed by atoms with E-state index in [2.05, 4.69) is 4.90 Å². The van der Waals surface area contributed by atoms with Crippen LogP contribution in [-0.4, -0.2) is 72.8 Å². The van der Waals surface area contributed by atoms with Gasteiger partial charge in [0.05, 0.1) is 5.56 Å². The lowest BCUT2D eigenvalue weighted by Crippen LogP contribution is -2.48. The van der Waals surface area contributed by atoms with Crippen LogP contribution in [-0.2, 0) is 10.9 Å². The van der Waals surface area contributed by atoms with Gasteiger partial charge in [-0.15, -0.1) is 0 Å². The lowest BCUT2D eigenvalue weighted by molar-refractivity contribution is -0.137. The summed E-state index contributed by atoms with van der Waals surface area (Å²) in [6, 6.07) is 12.4. The highest BCUT2D eigenvalue weighted by Crippen LogP contribution is 2.32. The van der Waals surface area contributed by atoms with E-state index in [1.54, 1.807) is 29.0 Å². The molecule has 2 aliphatic rings. The van der Waals surface area contributed by atoms with E-state index in [4.69, 9.17) is 13.9 Å². The van der Waals surface area contributed by atoms with Crippen molar-refractivity contribution in [2.24, 2.45) is 0 Å². The summed E-state index contributed by atoms with van der Waals surface area (Å²) in [4.78, 5) is 31.1. The van der Waals surface area contributed by atoms with Crippen LogP contribution in [0.2, 0.25) is 0 Å². The average Bonchev–Trinajstić information content (AvgIpc) is 3.39. The fourth-order valence-electron chi connectivity index (χ4n) is 5.59. The number of likely N-dealkylation sites (tertiary alicyclic amines) is 1. The van der Waals surface area contributed by atoms with Gasteiger partial charge in [0.2, 0.25) is 0 Å². The lowest BCUT2D eigenvalue weighted by Gasteiger charge is -2.37. The summed E-state index contributed by atoms with van der Waals surface area (Å²) >= 11 is 0. The number of benzene rings is 2. The average molecular weight is 602 g/mol. The van der Waals surface area contributed by atoms with Crippen molar-refractivity contribution in [3.63, 3.8) is 0 Å². The maximum atomic E-state index is 13.3. The molecule has 0 spiro atoms. The van der Waals surface area contributed by atoms with Gasteiger partial charge < -0.3 is 28.6 Å². The topological polar surface area (TPSA) is 75.5 Å². The summed E-state index contributed by atoms with van der Waals surface area (Å²) in [6.07, 6.45) is -1.96. The maximum absolute atomic E-state index is 13.3. The minimum Gasteiger partial charge on any atom is -0.490 e. The minimum absolute atomic E-state index is 0.0215. The number of fused-ring (bicyclic) bond motifs is 1. The second kappa shape index (κ2) is 12.0. The molecule has 0 aliphatic carbocycles. The molecule has 3 heterocycles. The first-order valence-corrected chi connectivity index (χ1v) is 14.6. The van der Waals surface area contributed by atoms with Gasteiger partial charge in [-0.3, -0.25) is 4.79 Å². The third kappa shape index (κ3) is 7.37. The van der Waals surface area contributed by atoms with Crippen molar-refractivity contribution in [3.8, 4) is 5.75 Å². The molecule has 2 fully saturated rings. The summed E-state index contributed by atoms with van der Waals surface area (Å²) in [5.41, 5.74) is 0.146. The van der Waals surface area contributed by atoms with Crippen LogP contribution in [0.15, 0.2) is 52.9 Å². The molecule has 1 aromatic heterocycles. The molecule has 5 rings (SSSR count). The Kier molecular flexibility index (Phi) is 8.54. The molecular weight excluding hydrogens is 563 g/mol. The zero-order valence-corrected chi connectivity index (χ0v) is 24.9. The molecule has 43 heavy (non-hydrogen) atoms. The Morgan fingerprint density at radius 2 is 1.56 bits per heavy atom. The second-order valence-electron chi connectivity index (χ2n) is 12.3. The first-order chi connectivity index (χ1) is 20.3. The third-order valence-electron chi connectivity index (χ3n) is 7.99. The zero-order chi connectivity index (χ0) is 30.9. The van der Waals surface area contributed by atoms with Crippen LogP contribution >= 0.6 is 0 Å². The molecule has 0 unspecified atom stereocenters. The largest absolute Gasteiger partial charge is 0.490 e. The number of halogens is 3. The molecule has 2 amide bonds. The fourth-order valence-corrected chi connectivity index (χ4v) is 5.59. The summed E-state index contributed by atoms with van der Waals surface area (Å²) in [7, 11) is 1.76. The summed E-state index contributed by atoms with van der Waals surface area (Å²) in [5, 5.41) is 0.760. The van der Waals surface area contributed by atoms with Gasteiger partial charge in [0.25, 0.3) is 5.91 Å². The zero-order valence-electron chi connectivity index (χ0n) is 24.9. The number of nitrogens with zero attached hydrogens (tertiary/aromatic N) is 3. The molecule has 0 N–H and O–H groups in total. The van der Waals surface area contributed by atoms with Crippen molar-refractivity contribution in [2.75, 3.05) is 38.1 Å². The lowest BCUT2D eigenvalue weighted by atomic mass is 10.0. The predicted octanol–water partition coefficient (Wildman–Crippen LogP) is 6.97. The van der Waals surface area contributed by atoms with Gasteiger partial charge in [-0.2, -0.15) is 13.2 Å². The highest BCUT2D eigenvalue weighted by Gasteiger charge is 2.32. The smallest absolute Gasteiger partial charge is 0.416 e. The summed E-state index contributed by atoms with van der Waals surface area (Å²) in [5.74, 6) is 0.697. The number of ether oxygens (including phenoxy) is 2. The number of amides is 2. The van der Waals surface area contributed by atoms with E-state index in [1.165, 1.54) is 12.1 Å². The Morgan fingerprint density at radius 1 is 0.907 bits per heavy atom. The first-order valence-electron chi connectivity index (χ1n) is 14.6. The van der Waals surface area contributed by atoms with Crippen LogP contribution in [0.3, 0.4) is 0 Å². The van der Waals surface area contributed by atoms with Crippen LogP contribution in [0.1, 0.15) is 62.6 Å². The van der Waals surface area contributed by atoms with E-state index in [9.17, 15) is 22.8 Å². The van der Waals surface area contributed by atoms with Crippen LogP contribution in [0.4, 0.5) is 23.7 Å². The number of alkyl halides is 3. The molecule has 0 bridgehead atoms. The van der Waals surface area contributed by atoms with Gasteiger partial charge in [-0.25, -0.2) is 4.79 Å². The fraction of sp³-hybridized carbons (Fsp3) is 0.500. The van der Waals surface area contributed by atoms with Crippen molar-refractivity contribution in [2.45, 2.75) is 70.4 Å². The number of furan rings is 1. The van der Waals surface area contributed by atoms with E-state index in [1.807, 2.05) is 32.9 Å². The standard InChI is InChI=1S/C32H38F3N3O5/c1-31(2,3)43-30(40)38-15-11-23(12-16-38)36(4)29(39)28-20-21-19-26(9-10-27(21)42-28)41-25-13-17-37(18-14-25)24-7-5-22(6-8-24)32(33,34)35/h5-10,19-20,23,25H,11-18H2,1-4H3. The Morgan fingerprint density at radius 3 is 2.16 bits per heavy atom. The van der Waals surface area contributed by atoms with Crippen molar-refractivity contribution in [3.05, 3.63) is 59.9 Å². The highest BCUT2D eigenvalue weighted by atomic mass is 19.4. The minimum atomic E-state index is -4.35. The van der Waals surface area contributed by atoms with Gasteiger partial charge in [0.15, 0.2) is 5.76 Å². The number of hydrogen-bond acceptors (Lipinski definition) is 6. The molecule has 11 heteroatoms. The monoisotopic (exact) mass is 601 g/mol. The Labute approximate surface area is 249 Å². The van der Waals surface area contributed by atoms with Crippen LogP contribution in [0.25, 0.3) is 11.0 Å². The number of carbonyl (C=O) groups excluding carboxylic acids is 2. The molecule has 3 aromatic rings. The molecule has 2 aliphatic heterocycles. The summed E-state index contributed by atoms with van der Waals surface area (Å²) in [6.45, 7) is 7.89. The van der Waals surface area contributed by atoms with Crippen LogP contribution in [0, 0.1) is 0 Å². The van der Waals surface area contributed by atoms with Crippen LogP contribution in [0.5, 0.6) is 5.75 Å². The SMILES string of the molecule is CN(C(=O)c1cc2cc(OC3CCN(c4ccc(C(F)(F)F)cc4)CC3)ccc2o1)C1CCN(C(=O)OC(C)(C)C)CC1. The number of hydrogen-bond donors (Lipinski definition) is 0. The number of carbonyl (C=O) groups is 2. The molecule has 232 valence electrons. The van der Waals surface area contributed by atoms with E-state index < -0.39 is 17.3 Å². The predicted molar refractivity (Wildman–Crippen MR) is 156 cm³/mol. The van der Waals surface area contributed by atoms with Gasteiger partial charge in [-0.1, -0.05) is 0 Å². The van der Waals surface area contributed by atoms with E-state index in [-0.39, 0.29) is 29.9 Å². The third-order valence-corrected chi connectivity index (χ3v) is 7.99. The van der Waals surface area contributed by atoms with Crippen molar-refractivity contribution < 1.29 is 36.7 Å². The highest BCUT2D eigenvalue weighted by molar-refractivity contribution is 5.96. The van der Waals surface area contributed by atoms with Crippen molar-refractivity contribution in [1.82, 2.24) is 9.80 Å². The molecular formula is C32H38F3N3O5. The number of piperidine rings is 2. The number of anilines is 1. The second-order valence-corrected chi connectivity index (χ2v) is 12.3. The van der Waals surface area contributed by atoms with Gasteiger partial charge in [-0.05, 0) is 82.1 Å². The quantitative estimate of drug-likeness (QED) is 0.315. The molecule has 8 nitrogen and oxygen atoms in total. The van der Waals surface area contributed by atoms with E-state index in [0.717, 1.165) is 36.0 Å². The molecule has 0 saturated carbocycles. The Hall–Kier alpha value is -3.89. The van der Waals surface area contributed by atoms with Gasteiger partial charge in [0.1, 0.15) is 23.0 Å². The van der Waals surface area contributed by atoms with E-state index >= 15 is 0 Å². The van der Waals surface area contributed by atoms with Gasteiger partial charge in [0, 0.05) is 63.2 Å². The molecule has 0 atom stereocenters. The molecule has 2 saturated heterocycles. The Balaban J connectivity index is 1.14. The van der Waals surface area contributed by atoms with Crippen LogP contribution < -0.4 is 9.64 Å². The Bertz CT molecular complexity index is 1430. The number of rotatable bonds is 5. The normalized spacial score (nSPS) is 17.3. The molecule has 2 aromatic carbocycles. The first kappa shape index (κ1) is 30.6. The molecule has 0 radical (unpaired) electrons. The van der Waals surface area contributed by atoms with Gasteiger partial charge >= 0.3 is 12.3 Å². The van der Waals surface area contributed by atoms with Crippen molar-refractivity contribution >= 4 is 28.7 Å². The van der Waals surface area contributed by atoms with E-state index in [0.29, 0.717) is 50.4 Å². The maximum Gasteiger partial charge on any atom is 0.416 e. The summed E-state index contributed by atoms with van der Waals surface area (Å²) < 4.78 is 56.2.